The zero-order valence-corrected chi connectivity index (χ0v) is 17.0. The Hall–Kier alpha value is -4.08. The quantitative estimate of drug-likeness (QED) is 0.382. The van der Waals surface area contributed by atoms with Gasteiger partial charge in [0.05, 0.1) is 40.9 Å². The maximum absolute atomic E-state index is 11.8. The van der Waals surface area contributed by atoms with Crippen LogP contribution in [0.2, 0.25) is 0 Å². The van der Waals surface area contributed by atoms with E-state index in [9.17, 15) is 9.59 Å². The van der Waals surface area contributed by atoms with Gasteiger partial charge in [-0.15, -0.1) is 0 Å². The molecule has 0 aliphatic carbocycles. The van der Waals surface area contributed by atoms with Gasteiger partial charge in [-0.25, -0.2) is 10.9 Å². The molecule has 30 heavy (non-hydrogen) atoms. The number of methoxy groups -OCH3 is 4. The average Bonchev–Trinajstić information content (AvgIpc) is 2.78. The summed E-state index contributed by atoms with van der Waals surface area (Å²) < 4.78 is 20.6. The lowest BCUT2D eigenvalue weighted by molar-refractivity contribution is -0.139. The van der Waals surface area contributed by atoms with Gasteiger partial charge in [0.25, 0.3) is 0 Å². The number of hydrogen-bond donors (Lipinski definition) is 2. The number of nitrogens with zero attached hydrogens (tertiary/aromatic N) is 2. The molecule has 2 N–H and O–H groups in total. The van der Waals surface area contributed by atoms with Crippen LogP contribution in [-0.4, -0.2) is 52.7 Å². The van der Waals surface area contributed by atoms with E-state index in [1.807, 2.05) is 0 Å². The first-order chi connectivity index (χ1) is 14.5. The van der Waals surface area contributed by atoms with Crippen molar-refractivity contribution in [1.29, 1.82) is 0 Å². The Morgan fingerprint density at radius 2 is 1.03 bits per heavy atom. The smallest absolute Gasteiger partial charge is 0.331 e. The predicted octanol–water partition coefficient (Wildman–Crippen LogP) is 1.32. The number of hydrogen-bond acceptors (Lipinski definition) is 8. The summed E-state index contributed by atoms with van der Waals surface area (Å²) in [5.41, 5.74) is 5.51. The molecule has 0 radical (unpaired) electrons. The number of amides is 2. The molecule has 0 aliphatic heterocycles. The number of carbonyl (C=O) groups is 2. The second-order valence-corrected chi connectivity index (χ2v) is 5.63. The lowest BCUT2D eigenvalue weighted by Crippen LogP contribution is -2.35. The van der Waals surface area contributed by atoms with Gasteiger partial charge in [0.15, 0.2) is 23.0 Å². The van der Waals surface area contributed by atoms with E-state index in [1.165, 1.54) is 40.9 Å². The minimum atomic E-state index is -0.976. The van der Waals surface area contributed by atoms with Crippen LogP contribution in [0.25, 0.3) is 0 Å². The first-order valence-electron chi connectivity index (χ1n) is 8.62. The second-order valence-electron chi connectivity index (χ2n) is 5.63. The number of ether oxygens (including phenoxy) is 4. The molecule has 0 unspecified atom stereocenters. The Bertz CT molecular complexity index is 881. The van der Waals surface area contributed by atoms with Crippen LogP contribution in [0.3, 0.4) is 0 Å². The van der Waals surface area contributed by atoms with Gasteiger partial charge in [0.1, 0.15) is 0 Å². The molecule has 2 amide bonds. The highest BCUT2D eigenvalue weighted by Crippen LogP contribution is 2.27. The minimum Gasteiger partial charge on any atom is -0.493 e. The monoisotopic (exact) mass is 414 g/mol. The van der Waals surface area contributed by atoms with Crippen LogP contribution in [0.1, 0.15) is 11.1 Å². The molecule has 0 heterocycles. The number of rotatable bonds is 8. The Labute approximate surface area is 173 Å². The molecule has 0 aromatic heterocycles. The molecule has 158 valence electrons. The summed E-state index contributed by atoms with van der Waals surface area (Å²) in [7, 11) is 6.07. The number of hydrazone groups is 2. The maximum atomic E-state index is 11.8. The first kappa shape index (κ1) is 22.2. The van der Waals surface area contributed by atoms with Gasteiger partial charge in [-0.1, -0.05) is 0 Å². The molecule has 2 aromatic carbocycles. The van der Waals surface area contributed by atoms with Crippen molar-refractivity contribution < 1.29 is 28.5 Å². The van der Waals surface area contributed by atoms with Gasteiger partial charge in [-0.05, 0) is 47.5 Å². The molecule has 0 fully saturated rings. The van der Waals surface area contributed by atoms with E-state index in [2.05, 4.69) is 21.1 Å². The van der Waals surface area contributed by atoms with Crippen molar-refractivity contribution >= 4 is 24.2 Å². The topological polar surface area (TPSA) is 120 Å². The number of nitrogens with one attached hydrogen (secondary N) is 2. The van der Waals surface area contributed by atoms with E-state index in [1.54, 1.807) is 36.4 Å². The molecule has 0 aliphatic rings. The third-order valence-electron chi connectivity index (χ3n) is 3.78. The SMILES string of the molecule is COc1ccc(/C=N\NC(=O)C(=O)N/N=C/c2ccc(OC)c(OC)c2)cc1OC. The summed E-state index contributed by atoms with van der Waals surface area (Å²) in [6.45, 7) is 0. The molecule has 0 spiro atoms. The standard InChI is InChI=1S/C20H22N4O6/c1-27-15-7-5-13(9-17(15)29-3)11-21-23-19(25)20(26)24-22-12-14-6-8-16(28-2)18(10-14)30-4/h5-12H,1-4H3,(H,23,25)(H,24,26)/b21-11-,22-12+. The van der Waals surface area contributed by atoms with Crippen LogP contribution in [0.15, 0.2) is 46.6 Å². The van der Waals surface area contributed by atoms with E-state index in [-0.39, 0.29) is 0 Å². The largest absolute Gasteiger partial charge is 0.493 e. The summed E-state index contributed by atoms with van der Waals surface area (Å²) in [5.74, 6) is 0.188. The summed E-state index contributed by atoms with van der Waals surface area (Å²) in [6.07, 6.45) is 2.72. The fourth-order valence-electron chi connectivity index (χ4n) is 2.30. The van der Waals surface area contributed by atoms with Crippen molar-refractivity contribution in [2.24, 2.45) is 10.2 Å². The Balaban J connectivity index is 1.90. The Morgan fingerprint density at radius 3 is 1.37 bits per heavy atom. The van der Waals surface area contributed by atoms with E-state index < -0.39 is 11.8 Å². The summed E-state index contributed by atoms with van der Waals surface area (Å²) in [5, 5.41) is 7.47. The zero-order chi connectivity index (χ0) is 21.9. The minimum absolute atomic E-state index is 0.509. The second kappa shape index (κ2) is 11.1. The predicted molar refractivity (Wildman–Crippen MR) is 111 cm³/mol. The highest BCUT2D eigenvalue weighted by Gasteiger charge is 2.11. The summed E-state index contributed by atoms with van der Waals surface area (Å²) in [4.78, 5) is 23.6. The third kappa shape index (κ3) is 5.96. The molecular formula is C20H22N4O6. The maximum Gasteiger partial charge on any atom is 0.331 e. The molecule has 10 nitrogen and oxygen atoms in total. The van der Waals surface area contributed by atoms with Gasteiger partial charge >= 0.3 is 11.8 Å². The van der Waals surface area contributed by atoms with Gasteiger partial charge in [-0.3, -0.25) is 9.59 Å². The number of carbonyl (C=O) groups excluding carboxylic acids is 2. The van der Waals surface area contributed by atoms with E-state index in [0.717, 1.165) is 0 Å². The van der Waals surface area contributed by atoms with Gasteiger partial charge < -0.3 is 18.9 Å². The van der Waals surface area contributed by atoms with Crippen LogP contribution in [-0.2, 0) is 9.59 Å². The lowest BCUT2D eigenvalue weighted by Gasteiger charge is -2.07. The molecule has 0 bridgehead atoms. The van der Waals surface area contributed by atoms with Crippen LogP contribution in [0, 0.1) is 0 Å². The zero-order valence-electron chi connectivity index (χ0n) is 17.0. The molecular weight excluding hydrogens is 392 g/mol. The normalized spacial score (nSPS) is 10.7. The van der Waals surface area contributed by atoms with E-state index in [4.69, 9.17) is 18.9 Å². The molecule has 0 atom stereocenters. The molecule has 0 saturated carbocycles. The van der Waals surface area contributed by atoms with Gasteiger partial charge in [0, 0.05) is 0 Å². The van der Waals surface area contributed by atoms with Crippen molar-refractivity contribution in [3.05, 3.63) is 47.5 Å². The number of benzene rings is 2. The van der Waals surface area contributed by atoms with Crippen LogP contribution in [0.4, 0.5) is 0 Å². The van der Waals surface area contributed by atoms with Crippen LogP contribution < -0.4 is 29.8 Å². The van der Waals surface area contributed by atoms with Crippen molar-refractivity contribution in [2.75, 3.05) is 28.4 Å². The van der Waals surface area contributed by atoms with Crippen LogP contribution in [0.5, 0.6) is 23.0 Å². The van der Waals surface area contributed by atoms with E-state index >= 15 is 0 Å². The molecule has 2 aromatic rings. The van der Waals surface area contributed by atoms with Gasteiger partial charge in [0.2, 0.25) is 0 Å². The third-order valence-corrected chi connectivity index (χ3v) is 3.78. The average molecular weight is 414 g/mol. The highest BCUT2D eigenvalue weighted by molar-refractivity contribution is 6.35. The Kier molecular flexibility index (Phi) is 8.18. The first-order valence-corrected chi connectivity index (χ1v) is 8.62. The van der Waals surface area contributed by atoms with Crippen LogP contribution >= 0.6 is 0 Å². The fourth-order valence-corrected chi connectivity index (χ4v) is 2.30. The molecule has 10 heteroatoms. The van der Waals surface area contributed by atoms with E-state index in [0.29, 0.717) is 34.1 Å². The van der Waals surface area contributed by atoms with Crippen molar-refractivity contribution in [3.63, 3.8) is 0 Å². The summed E-state index contributed by atoms with van der Waals surface area (Å²) in [6, 6.07) is 10.1. The highest BCUT2D eigenvalue weighted by atomic mass is 16.5. The Morgan fingerprint density at radius 1 is 0.667 bits per heavy atom. The fraction of sp³-hybridized carbons (Fsp3) is 0.200. The van der Waals surface area contributed by atoms with Gasteiger partial charge in [-0.2, -0.15) is 10.2 Å². The van der Waals surface area contributed by atoms with Crippen molar-refractivity contribution in [3.8, 4) is 23.0 Å². The van der Waals surface area contributed by atoms with Crippen molar-refractivity contribution in [2.45, 2.75) is 0 Å². The van der Waals surface area contributed by atoms with Crippen molar-refractivity contribution in [1.82, 2.24) is 10.9 Å². The lowest BCUT2D eigenvalue weighted by atomic mass is 10.2. The molecule has 0 saturated heterocycles. The molecule has 2 rings (SSSR count). The summed E-state index contributed by atoms with van der Waals surface area (Å²) >= 11 is 0.